The van der Waals surface area contributed by atoms with E-state index >= 15 is 0 Å². The van der Waals surface area contributed by atoms with Crippen molar-refractivity contribution < 1.29 is 5.11 Å². The highest BCUT2D eigenvalue weighted by Gasteiger charge is 2.07. The molecule has 1 N–H and O–H groups in total. The van der Waals surface area contributed by atoms with E-state index in [1.54, 1.807) is 12.1 Å². The second-order valence-electron chi connectivity index (χ2n) is 4.05. The minimum Gasteiger partial charge on any atom is -0.508 e. The van der Waals surface area contributed by atoms with Crippen LogP contribution in [0.5, 0.6) is 5.75 Å². The summed E-state index contributed by atoms with van der Waals surface area (Å²) >= 11 is 0. The fraction of sp³-hybridized carbons (Fsp3) is 0.273. The Labute approximate surface area is 80.4 Å². The molecule has 0 atom stereocenters. The molecule has 2 heteroatoms. The fourth-order valence-electron chi connectivity index (χ4n) is 0.843. The van der Waals surface area contributed by atoms with E-state index in [0.717, 1.165) is 5.56 Å². The van der Waals surface area contributed by atoms with Crippen molar-refractivity contribution in [1.29, 1.82) is 0 Å². The molecule has 0 bridgehead atoms. The largest absolute Gasteiger partial charge is 0.508 e. The molecule has 0 spiro atoms. The van der Waals surface area contributed by atoms with Crippen molar-refractivity contribution >= 4 is 8.07 Å². The van der Waals surface area contributed by atoms with Gasteiger partial charge in [-0.1, -0.05) is 31.6 Å². The van der Waals surface area contributed by atoms with Crippen LogP contribution in [0.3, 0.4) is 0 Å². The van der Waals surface area contributed by atoms with E-state index in [0.29, 0.717) is 0 Å². The Morgan fingerprint density at radius 3 is 2.46 bits per heavy atom. The van der Waals surface area contributed by atoms with Crippen molar-refractivity contribution in [3.63, 3.8) is 0 Å². The Balaban J connectivity index is 2.90. The summed E-state index contributed by atoms with van der Waals surface area (Å²) in [6, 6.07) is 7.06. The molecule has 0 heterocycles. The Kier molecular flexibility index (Phi) is 2.79. The number of phenolic OH excluding ortho intramolecular Hbond substituents is 1. The van der Waals surface area contributed by atoms with Crippen LogP contribution >= 0.6 is 0 Å². The van der Waals surface area contributed by atoms with Gasteiger partial charge in [-0.25, -0.2) is 0 Å². The maximum absolute atomic E-state index is 9.19. The second kappa shape index (κ2) is 3.67. The normalized spacial score (nSPS) is 10.4. The van der Waals surface area contributed by atoms with Gasteiger partial charge < -0.3 is 5.11 Å². The van der Waals surface area contributed by atoms with Gasteiger partial charge in [-0.05, 0) is 18.2 Å². The molecule has 0 saturated heterocycles. The first-order chi connectivity index (χ1) is 5.97. The molecule has 68 valence electrons. The average molecular weight is 190 g/mol. The Bertz CT molecular complexity index is 352. The van der Waals surface area contributed by atoms with Crippen molar-refractivity contribution in [1.82, 2.24) is 0 Å². The molecule has 1 aromatic rings. The zero-order valence-corrected chi connectivity index (χ0v) is 9.26. The summed E-state index contributed by atoms with van der Waals surface area (Å²) in [6.07, 6.45) is 0. The van der Waals surface area contributed by atoms with E-state index in [2.05, 4.69) is 31.1 Å². The minimum atomic E-state index is -1.30. The van der Waals surface area contributed by atoms with Crippen LogP contribution in [0.15, 0.2) is 24.3 Å². The van der Waals surface area contributed by atoms with Crippen LogP contribution in [0.1, 0.15) is 5.56 Å². The third-order valence-electron chi connectivity index (χ3n) is 1.43. The summed E-state index contributed by atoms with van der Waals surface area (Å²) < 4.78 is 0. The van der Waals surface area contributed by atoms with Crippen molar-refractivity contribution in [2.75, 3.05) is 0 Å². The van der Waals surface area contributed by atoms with Gasteiger partial charge in [0.15, 0.2) is 0 Å². The van der Waals surface area contributed by atoms with Crippen molar-refractivity contribution in [2.24, 2.45) is 0 Å². The Morgan fingerprint density at radius 2 is 1.92 bits per heavy atom. The van der Waals surface area contributed by atoms with E-state index in [1.165, 1.54) is 0 Å². The van der Waals surface area contributed by atoms with Gasteiger partial charge in [-0.15, -0.1) is 5.54 Å². The third kappa shape index (κ3) is 3.82. The molecule has 0 radical (unpaired) electrons. The quantitative estimate of drug-likeness (QED) is 0.492. The van der Waals surface area contributed by atoms with Gasteiger partial charge in [-0.2, -0.15) is 0 Å². The lowest BCUT2D eigenvalue weighted by Gasteiger charge is -2.03. The molecule has 0 aromatic heterocycles. The van der Waals surface area contributed by atoms with E-state index in [1.807, 2.05) is 12.1 Å². The van der Waals surface area contributed by atoms with Crippen LogP contribution in [0.25, 0.3) is 0 Å². The van der Waals surface area contributed by atoms with E-state index in [9.17, 15) is 5.11 Å². The first-order valence-electron chi connectivity index (χ1n) is 4.29. The zero-order valence-electron chi connectivity index (χ0n) is 8.26. The molecule has 1 aromatic carbocycles. The topological polar surface area (TPSA) is 20.2 Å². The number of aromatic hydroxyl groups is 1. The van der Waals surface area contributed by atoms with Crippen molar-refractivity contribution in [3.05, 3.63) is 29.8 Å². The molecule has 0 aliphatic rings. The van der Waals surface area contributed by atoms with Crippen LogP contribution in [-0.2, 0) is 0 Å². The summed E-state index contributed by atoms with van der Waals surface area (Å²) in [6.45, 7) is 6.59. The maximum atomic E-state index is 9.19. The van der Waals surface area contributed by atoms with Crippen molar-refractivity contribution in [3.8, 4) is 17.2 Å². The molecule has 0 fully saturated rings. The second-order valence-corrected chi connectivity index (χ2v) is 8.80. The lowest BCUT2D eigenvalue weighted by molar-refractivity contribution is 0.475. The molecule has 1 nitrogen and oxygen atoms in total. The minimum absolute atomic E-state index is 0.280. The molecule has 1 rings (SSSR count). The van der Waals surface area contributed by atoms with Crippen LogP contribution in [0, 0.1) is 11.5 Å². The highest BCUT2D eigenvalue weighted by atomic mass is 28.3. The summed E-state index contributed by atoms with van der Waals surface area (Å²) in [5.74, 6) is 3.36. The number of benzene rings is 1. The van der Waals surface area contributed by atoms with Gasteiger partial charge in [0.2, 0.25) is 0 Å². The Hall–Kier alpha value is -1.20. The van der Waals surface area contributed by atoms with Crippen LogP contribution in [-0.4, -0.2) is 13.2 Å². The zero-order chi connectivity index (χ0) is 9.90. The van der Waals surface area contributed by atoms with E-state index < -0.39 is 8.07 Å². The smallest absolute Gasteiger partial charge is 0.129 e. The van der Waals surface area contributed by atoms with Gasteiger partial charge in [0.25, 0.3) is 0 Å². The highest BCUT2D eigenvalue weighted by Crippen LogP contribution is 2.09. The summed E-state index contributed by atoms with van der Waals surface area (Å²) in [5, 5.41) is 9.19. The summed E-state index contributed by atoms with van der Waals surface area (Å²) in [5.41, 5.74) is 4.13. The maximum Gasteiger partial charge on any atom is 0.129 e. The number of hydrogen-bond donors (Lipinski definition) is 1. The standard InChI is InChI=1S/C11H14OSi/c1-13(2,3)8-7-10-5-4-6-11(12)9-10/h4-6,9,12H,1-3H3. The van der Waals surface area contributed by atoms with Crippen molar-refractivity contribution in [2.45, 2.75) is 19.6 Å². The molecular formula is C11H14OSi. The molecule has 0 amide bonds. The van der Waals surface area contributed by atoms with Crippen LogP contribution in [0.4, 0.5) is 0 Å². The third-order valence-corrected chi connectivity index (χ3v) is 2.30. The Morgan fingerprint density at radius 1 is 1.23 bits per heavy atom. The monoisotopic (exact) mass is 190 g/mol. The predicted octanol–water partition coefficient (Wildman–Crippen LogP) is 2.62. The lowest BCUT2D eigenvalue weighted by atomic mass is 10.2. The number of phenols is 1. The fourth-order valence-corrected chi connectivity index (χ4v) is 1.36. The predicted molar refractivity (Wildman–Crippen MR) is 58.3 cm³/mol. The first kappa shape index (κ1) is 9.88. The van der Waals surface area contributed by atoms with E-state index in [4.69, 9.17) is 0 Å². The van der Waals surface area contributed by atoms with Gasteiger partial charge in [0.05, 0.1) is 0 Å². The number of rotatable bonds is 0. The SMILES string of the molecule is C[Si](C)(C)C#Cc1cccc(O)c1. The van der Waals surface area contributed by atoms with Gasteiger partial charge in [-0.3, -0.25) is 0 Å². The van der Waals surface area contributed by atoms with Gasteiger partial charge in [0, 0.05) is 5.56 Å². The molecule has 13 heavy (non-hydrogen) atoms. The van der Waals surface area contributed by atoms with E-state index in [-0.39, 0.29) is 5.75 Å². The molecule has 0 saturated carbocycles. The van der Waals surface area contributed by atoms with Gasteiger partial charge in [0.1, 0.15) is 13.8 Å². The average Bonchev–Trinajstić information content (AvgIpc) is 2.00. The number of hydrogen-bond acceptors (Lipinski definition) is 1. The molecule has 0 unspecified atom stereocenters. The van der Waals surface area contributed by atoms with Gasteiger partial charge >= 0.3 is 0 Å². The highest BCUT2D eigenvalue weighted by molar-refractivity contribution is 6.83. The van der Waals surface area contributed by atoms with Crippen LogP contribution in [0.2, 0.25) is 19.6 Å². The lowest BCUT2D eigenvalue weighted by Crippen LogP contribution is -2.16. The summed E-state index contributed by atoms with van der Waals surface area (Å²) in [7, 11) is -1.30. The molecule has 0 aliphatic heterocycles. The summed E-state index contributed by atoms with van der Waals surface area (Å²) in [4.78, 5) is 0. The molecular weight excluding hydrogens is 176 g/mol. The van der Waals surface area contributed by atoms with Crippen LogP contribution < -0.4 is 0 Å². The molecule has 0 aliphatic carbocycles. The first-order valence-corrected chi connectivity index (χ1v) is 7.79.